The highest BCUT2D eigenvalue weighted by Crippen LogP contribution is 2.07. The van der Waals surface area contributed by atoms with Crippen LogP contribution in [0.2, 0.25) is 0 Å². The molecule has 0 heterocycles. The van der Waals surface area contributed by atoms with Gasteiger partial charge in [-0.05, 0) is 19.4 Å². The van der Waals surface area contributed by atoms with E-state index in [9.17, 15) is 0 Å². The summed E-state index contributed by atoms with van der Waals surface area (Å²) in [6.07, 6.45) is 2.12. The first-order valence-corrected chi connectivity index (χ1v) is 4.19. The summed E-state index contributed by atoms with van der Waals surface area (Å²) in [7, 11) is 0. The van der Waals surface area contributed by atoms with Crippen LogP contribution in [0.1, 0.15) is 19.4 Å². The first-order valence-electron chi connectivity index (χ1n) is 4.19. The molecule has 1 aromatic carbocycles. The van der Waals surface area contributed by atoms with E-state index < -0.39 is 0 Å². The largest absolute Gasteiger partial charge is 0.324 e. The normalized spacial score (nSPS) is 13.3. The quantitative estimate of drug-likeness (QED) is 0.776. The summed E-state index contributed by atoms with van der Waals surface area (Å²) in [4.78, 5) is 0. The molecule has 2 heteroatoms. The van der Waals surface area contributed by atoms with Gasteiger partial charge in [0.25, 0.3) is 0 Å². The third kappa shape index (κ3) is 4.11. The molecular weight excluding hydrogens is 182 g/mol. The minimum atomic E-state index is 0. The van der Waals surface area contributed by atoms with Gasteiger partial charge in [-0.15, -0.1) is 12.4 Å². The highest BCUT2D eigenvalue weighted by Gasteiger charge is 1.95. The molecule has 72 valence electrons. The lowest BCUT2D eigenvalue weighted by Gasteiger charge is -2.04. The fourth-order valence-corrected chi connectivity index (χ4v) is 0.944. The fraction of sp³-hybridized carbons (Fsp3) is 0.273. The molecule has 0 radical (unpaired) electrons. The van der Waals surface area contributed by atoms with E-state index in [0.29, 0.717) is 0 Å². The summed E-state index contributed by atoms with van der Waals surface area (Å²) in [6.45, 7) is 4.05. The number of benzene rings is 1. The number of hydrogen-bond donors (Lipinski definition) is 1. The van der Waals surface area contributed by atoms with Gasteiger partial charge in [-0.25, -0.2) is 0 Å². The molecular formula is C11H16ClN. The third-order valence-corrected chi connectivity index (χ3v) is 1.91. The third-order valence-electron chi connectivity index (χ3n) is 1.91. The number of halogens is 1. The smallest absolute Gasteiger partial charge is 0.0225 e. The summed E-state index contributed by atoms with van der Waals surface area (Å²) in [5.41, 5.74) is 8.14. The first-order chi connectivity index (χ1) is 5.70. The summed E-state index contributed by atoms with van der Waals surface area (Å²) < 4.78 is 0. The molecule has 1 unspecified atom stereocenters. The maximum Gasteiger partial charge on any atom is 0.0225 e. The maximum absolute atomic E-state index is 5.72. The van der Waals surface area contributed by atoms with E-state index in [1.54, 1.807) is 0 Å². The van der Waals surface area contributed by atoms with Crippen molar-refractivity contribution in [2.75, 3.05) is 0 Å². The maximum atomic E-state index is 5.72. The molecule has 0 saturated heterocycles. The van der Waals surface area contributed by atoms with Crippen LogP contribution in [0.5, 0.6) is 0 Å². The van der Waals surface area contributed by atoms with Crippen LogP contribution in [-0.2, 0) is 0 Å². The molecule has 0 aromatic heterocycles. The van der Waals surface area contributed by atoms with Crippen LogP contribution in [0, 0.1) is 0 Å². The molecule has 0 spiro atoms. The molecule has 0 aliphatic heterocycles. The Morgan fingerprint density at radius 2 is 1.85 bits per heavy atom. The molecule has 0 aliphatic rings. The SMILES string of the molecule is CC(=Cc1ccccc1)C(C)N.Cl. The van der Waals surface area contributed by atoms with Gasteiger partial charge in [0.2, 0.25) is 0 Å². The van der Waals surface area contributed by atoms with Crippen molar-refractivity contribution in [3.63, 3.8) is 0 Å². The molecule has 1 rings (SSSR count). The van der Waals surface area contributed by atoms with Crippen molar-refractivity contribution < 1.29 is 0 Å². The van der Waals surface area contributed by atoms with Crippen molar-refractivity contribution in [1.82, 2.24) is 0 Å². The van der Waals surface area contributed by atoms with E-state index in [1.807, 2.05) is 25.1 Å². The predicted octanol–water partition coefficient (Wildman–Crippen LogP) is 2.86. The van der Waals surface area contributed by atoms with Gasteiger partial charge in [-0.3, -0.25) is 0 Å². The standard InChI is InChI=1S/C11H15N.ClH/c1-9(10(2)12)8-11-6-4-3-5-7-11;/h3-8,10H,12H2,1-2H3;1H. The van der Waals surface area contributed by atoms with E-state index in [4.69, 9.17) is 5.73 Å². The monoisotopic (exact) mass is 197 g/mol. The van der Waals surface area contributed by atoms with Crippen LogP contribution in [-0.4, -0.2) is 6.04 Å². The Hall–Kier alpha value is -0.790. The lowest BCUT2D eigenvalue weighted by atomic mass is 10.1. The van der Waals surface area contributed by atoms with Gasteiger partial charge in [-0.1, -0.05) is 42.0 Å². The molecule has 2 N–H and O–H groups in total. The Balaban J connectivity index is 0.00000144. The van der Waals surface area contributed by atoms with Gasteiger partial charge in [0.15, 0.2) is 0 Å². The van der Waals surface area contributed by atoms with Crippen LogP contribution in [0.4, 0.5) is 0 Å². The second kappa shape index (κ2) is 5.79. The van der Waals surface area contributed by atoms with E-state index in [-0.39, 0.29) is 18.4 Å². The number of nitrogens with two attached hydrogens (primary N) is 1. The van der Waals surface area contributed by atoms with Crippen LogP contribution >= 0.6 is 12.4 Å². The van der Waals surface area contributed by atoms with Gasteiger partial charge in [0, 0.05) is 6.04 Å². The topological polar surface area (TPSA) is 26.0 Å². The Bertz CT molecular complexity index is 265. The van der Waals surface area contributed by atoms with Crippen molar-refractivity contribution >= 4 is 18.5 Å². The van der Waals surface area contributed by atoms with Crippen LogP contribution in [0.3, 0.4) is 0 Å². The van der Waals surface area contributed by atoms with Gasteiger partial charge < -0.3 is 5.73 Å². The highest BCUT2D eigenvalue weighted by molar-refractivity contribution is 5.85. The minimum Gasteiger partial charge on any atom is -0.324 e. The summed E-state index contributed by atoms with van der Waals surface area (Å²) >= 11 is 0. The zero-order valence-electron chi connectivity index (χ0n) is 8.03. The lowest BCUT2D eigenvalue weighted by molar-refractivity contribution is 0.868. The van der Waals surface area contributed by atoms with Gasteiger partial charge in [0.1, 0.15) is 0 Å². The van der Waals surface area contributed by atoms with Gasteiger partial charge in [-0.2, -0.15) is 0 Å². The summed E-state index contributed by atoms with van der Waals surface area (Å²) in [5.74, 6) is 0. The Morgan fingerprint density at radius 3 is 2.31 bits per heavy atom. The molecule has 0 amide bonds. The van der Waals surface area contributed by atoms with Crippen molar-refractivity contribution in [2.45, 2.75) is 19.9 Å². The van der Waals surface area contributed by atoms with Gasteiger partial charge >= 0.3 is 0 Å². The van der Waals surface area contributed by atoms with E-state index in [0.717, 1.165) is 0 Å². The van der Waals surface area contributed by atoms with Crippen LogP contribution in [0.15, 0.2) is 35.9 Å². The van der Waals surface area contributed by atoms with E-state index in [2.05, 4.69) is 25.1 Å². The van der Waals surface area contributed by atoms with Crippen LogP contribution in [0.25, 0.3) is 6.08 Å². The molecule has 13 heavy (non-hydrogen) atoms. The average molecular weight is 198 g/mol. The Kier molecular flexibility index (Phi) is 5.44. The van der Waals surface area contributed by atoms with Crippen molar-refractivity contribution in [2.24, 2.45) is 5.73 Å². The van der Waals surface area contributed by atoms with Crippen molar-refractivity contribution in [3.05, 3.63) is 41.5 Å². The van der Waals surface area contributed by atoms with Crippen molar-refractivity contribution in [1.29, 1.82) is 0 Å². The summed E-state index contributed by atoms with van der Waals surface area (Å²) in [6, 6.07) is 10.4. The minimum absolute atomic E-state index is 0. The molecule has 1 aromatic rings. The van der Waals surface area contributed by atoms with Gasteiger partial charge in [0.05, 0.1) is 0 Å². The predicted molar refractivity (Wildman–Crippen MR) is 61.0 cm³/mol. The first kappa shape index (κ1) is 12.2. The lowest BCUT2D eigenvalue weighted by Crippen LogP contribution is -2.15. The molecule has 0 bridgehead atoms. The fourth-order valence-electron chi connectivity index (χ4n) is 0.944. The molecule has 0 aliphatic carbocycles. The number of rotatable bonds is 2. The second-order valence-electron chi connectivity index (χ2n) is 3.09. The average Bonchev–Trinajstić information content (AvgIpc) is 2.06. The van der Waals surface area contributed by atoms with Crippen molar-refractivity contribution in [3.8, 4) is 0 Å². The Morgan fingerprint density at radius 1 is 1.31 bits per heavy atom. The van der Waals surface area contributed by atoms with Crippen LogP contribution < -0.4 is 5.73 Å². The summed E-state index contributed by atoms with van der Waals surface area (Å²) in [5, 5.41) is 0. The molecule has 0 fully saturated rings. The molecule has 0 saturated carbocycles. The molecule has 1 nitrogen and oxygen atoms in total. The van der Waals surface area contributed by atoms with E-state index in [1.165, 1.54) is 11.1 Å². The Labute approximate surface area is 86.1 Å². The zero-order valence-corrected chi connectivity index (χ0v) is 8.84. The highest BCUT2D eigenvalue weighted by atomic mass is 35.5. The zero-order chi connectivity index (χ0) is 8.97. The number of hydrogen-bond acceptors (Lipinski definition) is 1. The molecule has 1 atom stereocenters. The second-order valence-corrected chi connectivity index (χ2v) is 3.09. The van der Waals surface area contributed by atoms with E-state index >= 15 is 0 Å².